The monoisotopic (exact) mass is 254 g/mol. The van der Waals surface area contributed by atoms with Crippen LogP contribution >= 0.6 is 0 Å². The molecule has 0 aliphatic carbocycles. The molecule has 0 rings (SSSR count). The third-order valence-corrected chi connectivity index (χ3v) is 3.70. The second-order valence-corrected chi connectivity index (χ2v) is 7.34. The van der Waals surface area contributed by atoms with Crippen molar-refractivity contribution in [1.29, 1.82) is 0 Å². The first-order chi connectivity index (χ1) is 7.91. The lowest BCUT2D eigenvalue weighted by Gasteiger charge is -2.39. The molecule has 0 saturated heterocycles. The largest absolute Gasteiger partial charge is 0.513 e. The molecule has 2 N–H and O–H groups in total. The highest BCUT2D eigenvalue weighted by Crippen LogP contribution is 2.41. The summed E-state index contributed by atoms with van der Waals surface area (Å²) in [6.45, 7) is 19.9. The van der Waals surface area contributed by atoms with Gasteiger partial charge in [0.1, 0.15) is 0 Å². The molecule has 0 fully saturated rings. The first-order valence-electron chi connectivity index (χ1n) is 6.59. The van der Waals surface area contributed by atoms with Crippen molar-refractivity contribution in [3.05, 3.63) is 25.0 Å². The Morgan fingerprint density at radius 2 is 1.56 bits per heavy atom. The number of hydrogen-bond acceptors (Lipinski definition) is 2. The van der Waals surface area contributed by atoms with E-state index in [0.29, 0.717) is 6.42 Å². The van der Waals surface area contributed by atoms with Gasteiger partial charge in [-0.25, -0.2) is 0 Å². The average Bonchev–Trinajstić information content (AvgIpc) is 2.12. The Morgan fingerprint density at radius 1 is 1.11 bits per heavy atom. The minimum Gasteiger partial charge on any atom is -0.513 e. The maximum atomic E-state index is 10.1. The van der Waals surface area contributed by atoms with Gasteiger partial charge in [-0.3, -0.25) is 0 Å². The average molecular weight is 254 g/mol. The lowest BCUT2D eigenvalue weighted by Crippen LogP contribution is -2.36. The van der Waals surface area contributed by atoms with Crippen molar-refractivity contribution in [1.82, 2.24) is 0 Å². The van der Waals surface area contributed by atoms with Crippen LogP contribution in [0.5, 0.6) is 0 Å². The van der Waals surface area contributed by atoms with Crippen LogP contribution in [-0.4, -0.2) is 16.3 Å². The predicted octanol–water partition coefficient (Wildman–Crippen LogP) is 4.32. The highest BCUT2D eigenvalue weighted by molar-refractivity contribution is 5.00. The van der Waals surface area contributed by atoms with Crippen LogP contribution in [0.1, 0.15) is 48.0 Å². The second-order valence-electron chi connectivity index (χ2n) is 7.34. The van der Waals surface area contributed by atoms with E-state index in [1.807, 2.05) is 0 Å². The number of aliphatic hydroxyl groups excluding tert-OH is 2. The van der Waals surface area contributed by atoms with Gasteiger partial charge in [-0.1, -0.05) is 54.2 Å². The minimum absolute atomic E-state index is 0.0312. The molecule has 0 amide bonds. The SMILES string of the molecule is C=CC(O)[C@H](CC(C(=C)O)C(C)(C)C)C(C)(C)C. The Kier molecular flexibility index (Phi) is 5.67. The van der Waals surface area contributed by atoms with Gasteiger partial charge >= 0.3 is 0 Å². The second kappa shape index (κ2) is 5.92. The molecule has 0 bridgehead atoms. The van der Waals surface area contributed by atoms with E-state index in [1.165, 1.54) is 0 Å². The summed E-state index contributed by atoms with van der Waals surface area (Å²) in [6.07, 6.45) is 1.72. The highest BCUT2D eigenvalue weighted by atomic mass is 16.3. The van der Waals surface area contributed by atoms with Gasteiger partial charge in [0.25, 0.3) is 0 Å². The van der Waals surface area contributed by atoms with Crippen LogP contribution in [0.4, 0.5) is 0 Å². The zero-order chi connectivity index (χ0) is 14.7. The van der Waals surface area contributed by atoms with Crippen molar-refractivity contribution in [3.8, 4) is 0 Å². The number of allylic oxidation sites excluding steroid dienone is 1. The molecule has 18 heavy (non-hydrogen) atoms. The van der Waals surface area contributed by atoms with Crippen molar-refractivity contribution in [2.24, 2.45) is 22.7 Å². The standard InChI is InChI=1S/C16H30O2/c1-9-14(18)13(16(6,7)8)10-12(11(2)17)15(3,4)5/h9,12-14,17-18H,1-2,10H2,3-8H3/t12?,13-,14?/m0/s1. The zero-order valence-corrected chi connectivity index (χ0v) is 12.8. The summed E-state index contributed by atoms with van der Waals surface area (Å²) in [7, 11) is 0. The van der Waals surface area contributed by atoms with E-state index >= 15 is 0 Å². The molecule has 0 aliphatic rings. The molecular formula is C16H30O2. The number of aliphatic hydroxyl groups is 2. The Hall–Kier alpha value is -0.760. The lowest BCUT2D eigenvalue weighted by molar-refractivity contribution is 0.0390. The van der Waals surface area contributed by atoms with Crippen LogP contribution in [0, 0.1) is 22.7 Å². The van der Waals surface area contributed by atoms with Crippen molar-refractivity contribution in [2.45, 2.75) is 54.1 Å². The van der Waals surface area contributed by atoms with Crippen LogP contribution in [0.3, 0.4) is 0 Å². The molecule has 2 heteroatoms. The van der Waals surface area contributed by atoms with E-state index in [-0.39, 0.29) is 28.4 Å². The van der Waals surface area contributed by atoms with Crippen LogP contribution in [0.15, 0.2) is 25.0 Å². The van der Waals surface area contributed by atoms with Gasteiger partial charge in [-0.15, -0.1) is 6.58 Å². The van der Waals surface area contributed by atoms with E-state index in [9.17, 15) is 10.2 Å². The zero-order valence-electron chi connectivity index (χ0n) is 12.8. The van der Waals surface area contributed by atoms with Gasteiger partial charge in [0.2, 0.25) is 0 Å². The highest BCUT2D eigenvalue weighted by Gasteiger charge is 2.36. The maximum Gasteiger partial charge on any atom is 0.0887 e. The van der Waals surface area contributed by atoms with Gasteiger partial charge in [0.05, 0.1) is 11.9 Å². The van der Waals surface area contributed by atoms with E-state index in [1.54, 1.807) is 6.08 Å². The fourth-order valence-electron chi connectivity index (χ4n) is 2.41. The molecule has 0 heterocycles. The van der Waals surface area contributed by atoms with E-state index in [2.05, 4.69) is 54.7 Å². The van der Waals surface area contributed by atoms with Crippen LogP contribution in [-0.2, 0) is 0 Å². The minimum atomic E-state index is -0.561. The van der Waals surface area contributed by atoms with Crippen molar-refractivity contribution in [2.75, 3.05) is 0 Å². The normalized spacial score (nSPS) is 17.9. The first-order valence-corrected chi connectivity index (χ1v) is 6.59. The fraction of sp³-hybridized carbons (Fsp3) is 0.750. The Balaban J connectivity index is 5.18. The molecule has 3 atom stereocenters. The summed E-state index contributed by atoms with van der Waals surface area (Å²) in [6, 6.07) is 0. The van der Waals surface area contributed by atoms with E-state index in [0.717, 1.165) is 0 Å². The maximum absolute atomic E-state index is 10.1. The Morgan fingerprint density at radius 3 is 1.78 bits per heavy atom. The number of hydrogen-bond donors (Lipinski definition) is 2. The van der Waals surface area contributed by atoms with E-state index < -0.39 is 6.10 Å². The molecule has 2 nitrogen and oxygen atoms in total. The molecule has 0 radical (unpaired) electrons. The summed E-state index contributed by atoms with van der Waals surface area (Å²) in [5.74, 6) is 0.215. The van der Waals surface area contributed by atoms with Crippen LogP contribution in [0.2, 0.25) is 0 Å². The summed E-state index contributed by atoms with van der Waals surface area (Å²) in [5, 5.41) is 19.9. The first kappa shape index (κ1) is 17.2. The molecule has 2 unspecified atom stereocenters. The van der Waals surface area contributed by atoms with Crippen LogP contribution in [0.25, 0.3) is 0 Å². The predicted molar refractivity (Wildman–Crippen MR) is 78.5 cm³/mol. The van der Waals surface area contributed by atoms with Crippen molar-refractivity contribution < 1.29 is 10.2 Å². The third-order valence-electron chi connectivity index (χ3n) is 3.70. The van der Waals surface area contributed by atoms with Gasteiger partial charge < -0.3 is 10.2 Å². The summed E-state index contributed by atoms with van der Waals surface area (Å²) in [4.78, 5) is 0. The molecule has 0 aromatic heterocycles. The Bertz CT molecular complexity index is 291. The van der Waals surface area contributed by atoms with Crippen molar-refractivity contribution in [3.63, 3.8) is 0 Å². The fourth-order valence-corrected chi connectivity index (χ4v) is 2.41. The summed E-state index contributed by atoms with van der Waals surface area (Å²) >= 11 is 0. The summed E-state index contributed by atoms with van der Waals surface area (Å²) < 4.78 is 0. The lowest BCUT2D eigenvalue weighted by atomic mass is 9.67. The number of rotatable bonds is 5. The van der Waals surface area contributed by atoms with Crippen LogP contribution < -0.4 is 0 Å². The molecule has 0 spiro atoms. The quantitative estimate of drug-likeness (QED) is 0.566. The van der Waals surface area contributed by atoms with Gasteiger partial charge in [-0.05, 0) is 23.2 Å². The van der Waals surface area contributed by atoms with E-state index in [4.69, 9.17) is 0 Å². The Labute approximate surface area is 112 Å². The third kappa shape index (κ3) is 4.85. The molecule has 0 aromatic rings. The molecule has 106 valence electrons. The van der Waals surface area contributed by atoms with Gasteiger partial charge in [0.15, 0.2) is 0 Å². The van der Waals surface area contributed by atoms with Gasteiger partial charge in [0, 0.05) is 5.92 Å². The molecule has 0 aliphatic heterocycles. The van der Waals surface area contributed by atoms with Gasteiger partial charge in [-0.2, -0.15) is 0 Å². The van der Waals surface area contributed by atoms with Crippen molar-refractivity contribution >= 4 is 0 Å². The molecule has 0 aromatic carbocycles. The molecule has 0 saturated carbocycles. The topological polar surface area (TPSA) is 40.5 Å². The molecular weight excluding hydrogens is 224 g/mol. The summed E-state index contributed by atoms with van der Waals surface area (Å²) in [5.41, 5.74) is -0.122. The smallest absolute Gasteiger partial charge is 0.0887 e.